The van der Waals surface area contributed by atoms with Gasteiger partial charge in [-0.3, -0.25) is 0 Å². The highest BCUT2D eigenvalue weighted by atomic mass is 14.9. The van der Waals surface area contributed by atoms with Gasteiger partial charge < -0.3 is 0 Å². The first-order chi connectivity index (χ1) is 15.3. The van der Waals surface area contributed by atoms with Crippen molar-refractivity contribution in [1.29, 1.82) is 0 Å². The summed E-state index contributed by atoms with van der Waals surface area (Å²) in [5.74, 6) is 1.82. The number of hydrogen-bond acceptors (Lipinski definition) is 0. The van der Waals surface area contributed by atoms with Gasteiger partial charge in [-0.25, -0.2) is 4.57 Å². The molecule has 0 bridgehead atoms. The van der Waals surface area contributed by atoms with E-state index in [0.717, 1.165) is 0 Å². The van der Waals surface area contributed by atoms with Gasteiger partial charge in [0, 0.05) is 6.07 Å². The number of nitrogens with zero attached hydrogens (tertiary/aromatic N) is 1. The number of benzene rings is 3. The van der Waals surface area contributed by atoms with Crippen LogP contribution in [-0.4, -0.2) is 0 Å². The minimum absolute atomic E-state index is 0.571. The maximum atomic E-state index is 2.42. The molecule has 0 saturated carbocycles. The molecule has 0 atom stereocenters. The van der Waals surface area contributed by atoms with Gasteiger partial charge in [0.25, 0.3) is 0 Å². The summed E-state index contributed by atoms with van der Waals surface area (Å²) in [6, 6.07) is 24.8. The molecule has 0 aliphatic heterocycles. The summed E-state index contributed by atoms with van der Waals surface area (Å²) in [5.41, 5.74) is 9.27. The Morgan fingerprint density at radius 3 is 2.06 bits per heavy atom. The summed E-state index contributed by atoms with van der Waals surface area (Å²) in [5, 5.41) is 2.64. The van der Waals surface area contributed by atoms with Crippen LogP contribution in [0.15, 0.2) is 72.9 Å². The maximum Gasteiger partial charge on any atom is 0.220 e. The molecule has 0 saturated heterocycles. The molecule has 1 heteroatoms. The average Bonchev–Trinajstić information content (AvgIpc) is 2.76. The van der Waals surface area contributed by atoms with Crippen LogP contribution in [0.4, 0.5) is 0 Å². The smallest absolute Gasteiger partial charge is 0.200 e. The lowest BCUT2D eigenvalue weighted by molar-refractivity contribution is -0.659. The third kappa shape index (κ3) is 4.09. The lowest BCUT2D eigenvalue weighted by Gasteiger charge is -2.25. The molecule has 1 heterocycles. The molecule has 164 valence electrons. The zero-order valence-corrected chi connectivity index (χ0v) is 20.6. The molecule has 4 rings (SSSR count). The monoisotopic (exact) mass is 422 g/mol. The van der Waals surface area contributed by atoms with Gasteiger partial charge in [0.2, 0.25) is 5.69 Å². The van der Waals surface area contributed by atoms with Crippen LogP contribution in [0.3, 0.4) is 0 Å². The minimum atomic E-state index is 0.571. The molecule has 0 aliphatic rings. The number of aryl methyl sites for hydroxylation is 2. The van der Waals surface area contributed by atoms with E-state index in [1.165, 1.54) is 49.8 Å². The zero-order valence-electron chi connectivity index (χ0n) is 20.6. The fourth-order valence-corrected chi connectivity index (χ4v) is 5.38. The Hall–Kier alpha value is -2.93. The van der Waals surface area contributed by atoms with Crippen molar-refractivity contribution in [3.05, 3.63) is 89.6 Å². The second kappa shape index (κ2) is 8.90. The summed E-state index contributed by atoms with van der Waals surface area (Å²) >= 11 is 0. The van der Waals surface area contributed by atoms with Crippen molar-refractivity contribution < 1.29 is 4.57 Å². The van der Waals surface area contributed by atoms with Crippen molar-refractivity contribution in [3.8, 4) is 22.4 Å². The molecule has 32 heavy (non-hydrogen) atoms. The summed E-state index contributed by atoms with van der Waals surface area (Å²) in [6.07, 6.45) is 2.21. The van der Waals surface area contributed by atoms with Crippen molar-refractivity contribution in [2.75, 3.05) is 0 Å². The molecule has 1 aromatic heterocycles. The minimum Gasteiger partial charge on any atom is -0.200 e. The first kappa shape index (κ1) is 22.3. The molecule has 0 radical (unpaired) electrons. The van der Waals surface area contributed by atoms with Gasteiger partial charge in [0.1, 0.15) is 7.05 Å². The quantitative estimate of drug-likeness (QED) is 0.287. The highest BCUT2D eigenvalue weighted by molar-refractivity contribution is 5.95. The van der Waals surface area contributed by atoms with E-state index in [-0.39, 0.29) is 0 Å². The molecule has 0 amide bonds. The second-order valence-electron chi connectivity index (χ2n) is 9.97. The summed E-state index contributed by atoms with van der Waals surface area (Å²) in [7, 11) is 2.16. The Morgan fingerprint density at radius 1 is 0.719 bits per heavy atom. The van der Waals surface area contributed by atoms with Crippen molar-refractivity contribution in [1.82, 2.24) is 0 Å². The van der Waals surface area contributed by atoms with Crippen LogP contribution < -0.4 is 4.57 Å². The fourth-order valence-electron chi connectivity index (χ4n) is 5.38. The van der Waals surface area contributed by atoms with Gasteiger partial charge >= 0.3 is 0 Å². The van der Waals surface area contributed by atoms with Gasteiger partial charge in [-0.15, -0.1) is 0 Å². The van der Waals surface area contributed by atoms with E-state index >= 15 is 0 Å². The largest absolute Gasteiger partial charge is 0.220 e. The fraction of sp³-hybridized carbons (Fsp3) is 0.323. The molecule has 0 aliphatic carbocycles. The standard InChI is InChI=1S/C31H36N/c1-20(2)30(21(3)4)26-13-14-28-25(18-26)15-16-32(7)31(28)29-19-27(17-22(5)23(29)6)24-11-9-8-10-12-24/h8-21,30H,1-7H3/q+1. The highest BCUT2D eigenvalue weighted by Gasteiger charge is 2.23. The van der Waals surface area contributed by atoms with Crippen LogP contribution in [0.5, 0.6) is 0 Å². The van der Waals surface area contributed by atoms with Crippen LogP contribution in [0.2, 0.25) is 0 Å². The van der Waals surface area contributed by atoms with Crippen LogP contribution in [0, 0.1) is 25.7 Å². The summed E-state index contributed by atoms with van der Waals surface area (Å²) < 4.78 is 2.28. The predicted molar refractivity (Wildman–Crippen MR) is 138 cm³/mol. The van der Waals surface area contributed by atoms with E-state index in [1.807, 2.05) is 0 Å². The highest BCUT2D eigenvalue weighted by Crippen LogP contribution is 2.37. The number of fused-ring (bicyclic) bond motifs is 1. The van der Waals surface area contributed by atoms with E-state index in [4.69, 9.17) is 0 Å². The van der Waals surface area contributed by atoms with Gasteiger partial charge in [0.05, 0.1) is 10.9 Å². The maximum absolute atomic E-state index is 2.42. The molecular formula is C31H36N+. The van der Waals surface area contributed by atoms with E-state index < -0.39 is 0 Å². The Morgan fingerprint density at radius 2 is 1.41 bits per heavy atom. The molecule has 4 aromatic rings. The lowest BCUT2D eigenvalue weighted by Crippen LogP contribution is -2.31. The normalized spacial score (nSPS) is 11.8. The summed E-state index contributed by atoms with van der Waals surface area (Å²) in [6.45, 7) is 13.8. The first-order valence-corrected chi connectivity index (χ1v) is 11.9. The van der Waals surface area contributed by atoms with Gasteiger partial charge in [-0.1, -0.05) is 76.2 Å². The van der Waals surface area contributed by atoms with Gasteiger partial charge in [-0.2, -0.15) is 0 Å². The van der Waals surface area contributed by atoms with E-state index in [9.17, 15) is 0 Å². The molecule has 0 fully saturated rings. The molecule has 1 nitrogen and oxygen atoms in total. The third-order valence-corrected chi connectivity index (χ3v) is 7.01. The Labute approximate surface area is 193 Å². The Bertz CT molecular complexity index is 1240. The van der Waals surface area contributed by atoms with Crippen molar-refractivity contribution in [3.63, 3.8) is 0 Å². The number of aromatic nitrogens is 1. The second-order valence-corrected chi connectivity index (χ2v) is 9.97. The van der Waals surface area contributed by atoms with Crippen LogP contribution in [-0.2, 0) is 7.05 Å². The van der Waals surface area contributed by atoms with Crippen LogP contribution in [0.1, 0.15) is 50.3 Å². The third-order valence-electron chi connectivity index (χ3n) is 7.01. The van der Waals surface area contributed by atoms with Crippen LogP contribution in [0.25, 0.3) is 33.2 Å². The van der Waals surface area contributed by atoms with Gasteiger partial charge in [-0.05, 0) is 76.9 Å². The number of rotatable bonds is 5. The lowest BCUT2D eigenvalue weighted by atomic mass is 9.79. The Kier molecular flexibility index (Phi) is 6.20. The topological polar surface area (TPSA) is 3.88 Å². The van der Waals surface area contributed by atoms with E-state index in [2.05, 4.69) is 126 Å². The van der Waals surface area contributed by atoms with Gasteiger partial charge in [0.15, 0.2) is 6.20 Å². The van der Waals surface area contributed by atoms with Crippen LogP contribution >= 0.6 is 0 Å². The number of hydrogen-bond donors (Lipinski definition) is 0. The predicted octanol–water partition coefficient (Wildman–Crippen LogP) is 8.01. The Balaban J connectivity index is 1.93. The zero-order chi connectivity index (χ0) is 23.0. The number of pyridine rings is 1. The van der Waals surface area contributed by atoms with E-state index in [0.29, 0.717) is 17.8 Å². The average molecular weight is 423 g/mol. The molecular weight excluding hydrogens is 386 g/mol. The molecule has 0 spiro atoms. The molecule has 0 unspecified atom stereocenters. The first-order valence-electron chi connectivity index (χ1n) is 11.9. The summed E-state index contributed by atoms with van der Waals surface area (Å²) in [4.78, 5) is 0. The van der Waals surface area contributed by atoms with Crippen molar-refractivity contribution in [2.45, 2.75) is 47.5 Å². The van der Waals surface area contributed by atoms with E-state index in [1.54, 1.807) is 0 Å². The molecule has 0 N–H and O–H groups in total. The molecule has 3 aromatic carbocycles. The SMILES string of the molecule is Cc1cc(-c2ccccc2)cc(-c2c3ccc(C(C(C)C)C(C)C)cc3cc[n+]2C)c1C. The van der Waals surface area contributed by atoms with Crippen molar-refractivity contribution in [2.24, 2.45) is 18.9 Å². The van der Waals surface area contributed by atoms with Crippen molar-refractivity contribution >= 4 is 10.8 Å².